The van der Waals surface area contributed by atoms with Gasteiger partial charge in [-0.05, 0) is 11.8 Å². The van der Waals surface area contributed by atoms with E-state index in [4.69, 9.17) is 10.6 Å². The Morgan fingerprint density at radius 2 is 2.00 bits per heavy atom. The van der Waals surface area contributed by atoms with E-state index in [0.29, 0.717) is 18.3 Å². The summed E-state index contributed by atoms with van der Waals surface area (Å²) < 4.78 is 5.21. The number of anilines is 2. The first kappa shape index (κ1) is 16.7. The number of hydrazine groups is 1. The molecule has 1 heterocycles. The quantitative estimate of drug-likeness (QED) is 0.560. The number of ether oxygens (including phenoxy) is 1. The Balaban J connectivity index is 3.16. The topological polar surface area (TPSA) is 76.3 Å². The second kappa shape index (κ2) is 8.01. The van der Waals surface area contributed by atoms with Gasteiger partial charge in [0.2, 0.25) is 0 Å². The van der Waals surface area contributed by atoms with Crippen LogP contribution >= 0.6 is 0 Å². The molecule has 0 atom stereocenters. The van der Waals surface area contributed by atoms with Crippen molar-refractivity contribution in [3.05, 3.63) is 11.9 Å². The second-order valence-electron chi connectivity index (χ2n) is 5.59. The summed E-state index contributed by atoms with van der Waals surface area (Å²) in [5.41, 5.74) is 3.72. The molecule has 1 aromatic rings. The Kier molecular flexibility index (Phi) is 6.67. The molecule has 0 fully saturated rings. The molecule has 114 valence electrons. The van der Waals surface area contributed by atoms with Crippen molar-refractivity contribution in [2.45, 2.75) is 33.6 Å². The van der Waals surface area contributed by atoms with Gasteiger partial charge < -0.3 is 15.1 Å². The van der Waals surface area contributed by atoms with E-state index in [1.165, 1.54) is 0 Å². The second-order valence-corrected chi connectivity index (χ2v) is 5.59. The first-order valence-electron chi connectivity index (χ1n) is 7.06. The largest absolute Gasteiger partial charge is 0.383 e. The van der Waals surface area contributed by atoms with Crippen LogP contribution in [0.5, 0.6) is 0 Å². The Hall–Kier alpha value is -1.40. The molecule has 1 aromatic heterocycles. The zero-order chi connectivity index (χ0) is 15.1. The molecule has 0 aliphatic carbocycles. The molecule has 0 aliphatic rings. The third kappa shape index (κ3) is 4.31. The summed E-state index contributed by atoms with van der Waals surface area (Å²) in [7, 11) is 1.71. The molecule has 0 radical (unpaired) electrons. The minimum atomic E-state index is 0.287. The van der Waals surface area contributed by atoms with Gasteiger partial charge in [0, 0.05) is 25.8 Å². The fourth-order valence-electron chi connectivity index (χ4n) is 2.21. The summed E-state index contributed by atoms with van der Waals surface area (Å²) in [6, 6.07) is 0. The number of hydrogen-bond donors (Lipinski definition) is 2. The van der Waals surface area contributed by atoms with Crippen molar-refractivity contribution in [3.8, 4) is 0 Å². The normalized spacial score (nSPS) is 11.2. The van der Waals surface area contributed by atoms with E-state index in [1.807, 2.05) is 0 Å². The van der Waals surface area contributed by atoms with E-state index in [1.54, 1.807) is 13.4 Å². The van der Waals surface area contributed by atoms with Gasteiger partial charge in [0.15, 0.2) is 0 Å². The first-order valence-corrected chi connectivity index (χ1v) is 7.06. The lowest BCUT2D eigenvalue weighted by molar-refractivity contribution is 0.204. The smallest absolute Gasteiger partial charge is 0.148 e. The molecule has 0 unspecified atom stereocenters. The van der Waals surface area contributed by atoms with Crippen molar-refractivity contribution in [2.75, 3.05) is 37.1 Å². The Bertz CT molecular complexity index is 409. The van der Waals surface area contributed by atoms with Crippen LogP contribution < -0.4 is 16.2 Å². The molecule has 3 N–H and O–H groups in total. The minimum absolute atomic E-state index is 0.287. The van der Waals surface area contributed by atoms with E-state index < -0.39 is 0 Å². The van der Waals surface area contributed by atoms with Crippen molar-refractivity contribution in [1.82, 2.24) is 9.97 Å². The van der Waals surface area contributed by atoms with Crippen molar-refractivity contribution in [2.24, 2.45) is 11.8 Å². The van der Waals surface area contributed by atoms with E-state index in [0.717, 1.165) is 24.5 Å². The summed E-state index contributed by atoms with van der Waals surface area (Å²) >= 11 is 0. The number of hydrogen-bond acceptors (Lipinski definition) is 6. The molecular formula is C14H27N5O. The Labute approximate surface area is 121 Å². The fourth-order valence-corrected chi connectivity index (χ4v) is 2.21. The predicted octanol–water partition coefficient (Wildman–Crippen LogP) is 1.99. The highest BCUT2D eigenvalue weighted by Crippen LogP contribution is 2.30. The van der Waals surface area contributed by atoms with Gasteiger partial charge in [-0.1, -0.05) is 27.7 Å². The van der Waals surface area contributed by atoms with Crippen molar-refractivity contribution >= 4 is 11.6 Å². The maximum atomic E-state index is 5.58. The van der Waals surface area contributed by atoms with Crippen LogP contribution in [0.15, 0.2) is 6.33 Å². The Morgan fingerprint density at radius 3 is 2.50 bits per heavy atom. The number of nitrogens with zero attached hydrogens (tertiary/aromatic N) is 3. The van der Waals surface area contributed by atoms with Gasteiger partial charge in [0.1, 0.15) is 18.0 Å². The van der Waals surface area contributed by atoms with Crippen LogP contribution in [-0.2, 0) is 4.74 Å². The maximum absolute atomic E-state index is 5.58. The molecular weight excluding hydrogens is 254 g/mol. The lowest BCUT2D eigenvalue weighted by Crippen LogP contribution is -2.33. The summed E-state index contributed by atoms with van der Waals surface area (Å²) in [4.78, 5) is 10.9. The molecule has 6 nitrogen and oxygen atoms in total. The number of aromatic nitrogens is 2. The first-order chi connectivity index (χ1) is 9.51. The average molecular weight is 281 g/mol. The van der Waals surface area contributed by atoms with E-state index >= 15 is 0 Å². The van der Waals surface area contributed by atoms with E-state index in [2.05, 4.69) is 48.0 Å². The van der Waals surface area contributed by atoms with Gasteiger partial charge in [-0.3, -0.25) is 0 Å². The molecule has 0 amide bonds. The van der Waals surface area contributed by atoms with Gasteiger partial charge in [-0.2, -0.15) is 0 Å². The predicted molar refractivity (Wildman–Crippen MR) is 82.9 cm³/mol. The van der Waals surface area contributed by atoms with Crippen molar-refractivity contribution in [3.63, 3.8) is 0 Å². The van der Waals surface area contributed by atoms with Crippen LogP contribution in [0.25, 0.3) is 0 Å². The average Bonchev–Trinajstić information content (AvgIpc) is 2.41. The standard InChI is InChI=1S/C14H27N5O/c1-10(2)8-19(6-7-20-5)14-12(11(3)4)13(18-15)16-9-17-14/h9-11H,6-8,15H2,1-5H3,(H,16,17,18). The van der Waals surface area contributed by atoms with Crippen LogP contribution in [0, 0.1) is 5.92 Å². The number of rotatable bonds is 8. The van der Waals surface area contributed by atoms with Crippen LogP contribution in [-0.4, -0.2) is 36.8 Å². The number of nitrogen functional groups attached to an aromatic ring is 1. The highest BCUT2D eigenvalue weighted by molar-refractivity contribution is 5.59. The molecule has 0 saturated heterocycles. The summed E-state index contributed by atoms with van der Waals surface area (Å²) in [5, 5.41) is 0. The molecule has 0 aliphatic heterocycles. The molecule has 0 aromatic carbocycles. The maximum Gasteiger partial charge on any atom is 0.148 e. The van der Waals surface area contributed by atoms with E-state index in [9.17, 15) is 0 Å². The van der Waals surface area contributed by atoms with Gasteiger partial charge >= 0.3 is 0 Å². The van der Waals surface area contributed by atoms with Crippen LogP contribution in [0.1, 0.15) is 39.2 Å². The van der Waals surface area contributed by atoms with E-state index in [-0.39, 0.29) is 5.92 Å². The van der Waals surface area contributed by atoms with Gasteiger partial charge in [0.05, 0.1) is 6.61 Å². The summed E-state index contributed by atoms with van der Waals surface area (Å²) in [6.07, 6.45) is 1.55. The Morgan fingerprint density at radius 1 is 1.30 bits per heavy atom. The highest BCUT2D eigenvalue weighted by Gasteiger charge is 2.20. The molecule has 6 heteroatoms. The minimum Gasteiger partial charge on any atom is -0.383 e. The number of nitrogens with two attached hydrogens (primary N) is 1. The molecule has 1 rings (SSSR count). The summed E-state index contributed by atoms with van der Waals surface area (Å²) in [5.74, 6) is 8.03. The zero-order valence-electron chi connectivity index (χ0n) is 13.2. The lowest BCUT2D eigenvalue weighted by atomic mass is 10.0. The zero-order valence-corrected chi connectivity index (χ0v) is 13.2. The number of nitrogens with one attached hydrogen (secondary N) is 1. The van der Waals surface area contributed by atoms with Crippen LogP contribution in [0.4, 0.5) is 11.6 Å². The lowest BCUT2D eigenvalue weighted by Gasteiger charge is -2.29. The molecule has 20 heavy (non-hydrogen) atoms. The number of methoxy groups -OCH3 is 1. The van der Waals surface area contributed by atoms with Gasteiger partial charge in [-0.25, -0.2) is 15.8 Å². The highest BCUT2D eigenvalue weighted by atomic mass is 16.5. The van der Waals surface area contributed by atoms with Crippen LogP contribution in [0.3, 0.4) is 0 Å². The molecule has 0 bridgehead atoms. The third-order valence-electron chi connectivity index (χ3n) is 3.03. The van der Waals surface area contributed by atoms with Crippen molar-refractivity contribution in [1.29, 1.82) is 0 Å². The third-order valence-corrected chi connectivity index (χ3v) is 3.03. The molecule has 0 saturated carbocycles. The van der Waals surface area contributed by atoms with Crippen molar-refractivity contribution < 1.29 is 4.74 Å². The van der Waals surface area contributed by atoms with Gasteiger partial charge in [-0.15, -0.1) is 0 Å². The summed E-state index contributed by atoms with van der Waals surface area (Å²) in [6.45, 7) is 11.0. The monoisotopic (exact) mass is 281 g/mol. The molecule has 0 spiro atoms. The SMILES string of the molecule is COCCN(CC(C)C)c1ncnc(NN)c1C(C)C. The fraction of sp³-hybridized carbons (Fsp3) is 0.714. The van der Waals surface area contributed by atoms with Gasteiger partial charge in [0.25, 0.3) is 0 Å². The van der Waals surface area contributed by atoms with Crippen LogP contribution in [0.2, 0.25) is 0 Å².